The lowest BCUT2D eigenvalue weighted by Crippen LogP contribution is -2.46. The number of benzene rings is 3. The van der Waals surface area contributed by atoms with E-state index in [1.807, 2.05) is 36.4 Å². The van der Waals surface area contributed by atoms with Crippen molar-refractivity contribution in [2.24, 2.45) is 0 Å². The fraction of sp³-hybridized carbons (Fsp3) is 0.242. The van der Waals surface area contributed by atoms with Crippen LogP contribution in [0.1, 0.15) is 65.5 Å². The number of aliphatic hydroxyl groups excluding tert-OH is 1. The molecule has 0 radical (unpaired) electrons. The highest BCUT2D eigenvalue weighted by molar-refractivity contribution is 6.10. The highest BCUT2D eigenvalue weighted by Crippen LogP contribution is 2.35. The first kappa shape index (κ1) is 28.0. The molecule has 0 saturated carbocycles. The van der Waals surface area contributed by atoms with Crippen molar-refractivity contribution in [1.82, 2.24) is 10.3 Å². The summed E-state index contributed by atoms with van der Waals surface area (Å²) in [6.07, 6.45) is 2.68. The molecule has 1 aliphatic rings. The molecule has 3 atom stereocenters. The van der Waals surface area contributed by atoms with Crippen LogP contribution in [-0.2, 0) is 16.6 Å². The number of hydrogen-bond donors (Lipinski definition) is 3. The standard InChI is InChI=1S/C33H33FN4O3/c1-33(2,3)23-11-13-24(14-12-23)38(32(41)21-10-15-27(35)26(34)17-21)30(22-8-6-16-36-19-22)31(40)37-29-25-9-5-4-7-20(25)18-28(29)39/h4-17,19,28-30,39H,18,35H2,1-3H3,(H,37,40)/t28-,29+,30?/m1/s1. The minimum atomic E-state index is -1.18. The Balaban J connectivity index is 1.62. The number of nitrogens with one attached hydrogen (secondary N) is 1. The number of rotatable bonds is 6. The van der Waals surface area contributed by atoms with Crippen LogP contribution < -0.4 is 16.0 Å². The van der Waals surface area contributed by atoms with Crippen LogP contribution in [0.3, 0.4) is 0 Å². The minimum absolute atomic E-state index is 0.0320. The lowest BCUT2D eigenvalue weighted by atomic mass is 9.87. The summed E-state index contributed by atoms with van der Waals surface area (Å²) in [4.78, 5) is 33.9. The zero-order valence-electron chi connectivity index (χ0n) is 23.2. The van der Waals surface area contributed by atoms with Crippen LogP contribution in [0.4, 0.5) is 15.8 Å². The normalized spacial score (nSPS) is 17.0. The number of nitrogens with zero attached hydrogens (tertiary/aromatic N) is 2. The molecule has 0 bridgehead atoms. The Labute approximate surface area is 238 Å². The van der Waals surface area contributed by atoms with E-state index in [0.717, 1.165) is 22.8 Å². The molecule has 0 spiro atoms. The van der Waals surface area contributed by atoms with Crippen molar-refractivity contribution in [1.29, 1.82) is 0 Å². The molecule has 3 aromatic carbocycles. The van der Waals surface area contributed by atoms with E-state index in [9.17, 15) is 19.1 Å². The summed E-state index contributed by atoms with van der Waals surface area (Å²) in [5.41, 5.74) is 9.20. The molecule has 1 aromatic heterocycles. The van der Waals surface area contributed by atoms with E-state index in [2.05, 4.69) is 31.1 Å². The Morgan fingerprint density at radius 1 is 1.05 bits per heavy atom. The van der Waals surface area contributed by atoms with Gasteiger partial charge in [0.25, 0.3) is 5.91 Å². The first-order chi connectivity index (χ1) is 19.5. The smallest absolute Gasteiger partial charge is 0.259 e. The second-order valence-electron chi connectivity index (χ2n) is 11.4. The monoisotopic (exact) mass is 552 g/mol. The fourth-order valence-corrected chi connectivity index (χ4v) is 5.24. The summed E-state index contributed by atoms with van der Waals surface area (Å²) in [5.74, 6) is -1.83. The number of pyridine rings is 1. The van der Waals surface area contributed by atoms with Crippen molar-refractivity contribution >= 4 is 23.2 Å². The van der Waals surface area contributed by atoms with Gasteiger partial charge in [-0.25, -0.2) is 4.39 Å². The second kappa shape index (κ2) is 11.1. The Hall–Kier alpha value is -4.56. The summed E-state index contributed by atoms with van der Waals surface area (Å²) >= 11 is 0. The number of amides is 2. The van der Waals surface area contributed by atoms with Crippen LogP contribution in [0, 0.1) is 5.82 Å². The lowest BCUT2D eigenvalue weighted by Gasteiger charge is -2.33. The Bertz CT molecular complexity index is 1570. The van der Waals surface area contributed by atoms with E-state index in [0.29, 0.717) is 17.7 Å². The van der Waals surface area contributed by atoms with Crippen molar-refractivity contribution in [3.63, 3.8) is 0 Å². The highest BCUT2D eigenvalue weighted by atomic mass is 19.1. The summed E-state index contributed by atoms with van der Waals surface area (Å²) in [7, 11) is 0. The molecule has 210 valence electrons. The number of carbonyl (C=O) groups is 2. The average molecular weight is 553 g/mol. The second-order valence-corrected chi connectivity index (χ2v) is 11.4. The molecular formula is C33H33FN4O3. The molecule has 0 aliphatic heterocycles. The summed E-state index contributed by atoms with van der Waals surface area (Å²) in [6, 6.07) is 20.3. The van der Waals surface area contributed by atoms with Crippen LogP contribution in [0.15, 0.2) is 91.3 Å². The largest absolute Gasteiger partial charge is 0.396 e. The third-order valence-electron chi connectivity index (χ3n) is 7.49. The van der Waals surface area contributed by atoms with Gasteiger partial charge in [-0.2, -0.15) is 0 Å². The maximum atomic E-state index is 14.5. The topological polar surface area (TPSA) is 109 Å². The van der Waals surface area contributed by atoms with Crippen molar-refractivity contribution < 1.29 is 19.1 Å². The molecule has 0 fully saturated rings. The molecule has 4 aromatic rings. The Morgan fingerprint density at radius 2 is 1.78 bits per heavy atom. The number of hydrogen-bond acceptors (Lipinski definition) is 5. The van der Waals surface area contributed by atoms with E-state index in [1.54, 1.807) is 30.5 Å². The van der Waals surface area contributed by atoms with E-state index in [1.165, 1.54) is 23.2 Å². The van der Waals surface area contributed by atoms with E-state index in [-0.39, 0.29) is 16.7 Å². The third-order valence-corrected chi connectivity index (χ3v) is 7.49. The van der Waals surface area contributed by atoms with Gasteiger partial charge in [-0.1, -0.05) is 63.2 Å². The van der Waals surface area contributed by atoms with Gasteiger partial charge < -0.3 is 16.2 Å². The van der Waals surface area contributed by atoms with E-state index in [4.69, 9.17) is 5.73 Å². The molecular weight excluding hydrogens is 519 g/mol. The van der Waals surface area contributed by atoms with Gasteiger partial charge in [0, 0.05) is 35.6 Å². The molecule has 8 heteroatoms. The number of carbonyl (C=O) groups excluding carboxylic acids is 2. The number of fused-ring (bicyclic) bond motifs is 1. The predicted octanol–water partition coefficient (Wildman–Crippen LogP) is 5.26. The quantitative estimate of drug-likeness (QED) is 0.283. The molecule has 41 heavy (non-hydrogen) atoms. The number of aromatic nitrogens is 1. The van der Waals surface area contributed by atoms with Crippen molar-refractivity contribution in [2.75, 3.05) is 10.6 Å². The molecule has 4 N–H and O–H groups in total. The maximum absolute atomic E-state index is 14.5. The number of halogens is 1. The number of aliphatic hydroxyl groups is 1. The predicted molar refractivity (Wildman–Crippen MR) is 157 cm³/mol. The van der Waals surface area contributed by atoms with Gasteiger partial charge in [-0.15, -0.1) is 0 Å². The van der Waals surface area contributed by atoms with E-state index < -0.39 is 35.8 Å². The van der Waals surface area contributed by atoms with Crippen LogP contribution in [0.25, 0.3) is 0 Å². The molecule has 1 unspecified atom stereocenters. The minimum Gasteiger partial charge on any atom is -0.396 e. The Morgan fingerprint density at radius 3 is 2.44 bits per heavy atom. The van der Waals surface area contributed by atoms with Gasteiger partial charge in [-0.3, -0.25) is 19.5 Å². The fourth-order valence-electron chi connectivity index (χ4n) is 5.24. The first-order valence-corrected chi connectivity index (χ1v) is 13.5. The number of nitrogens with two attached hydrogens (primary N) is 1. The van der Waals surface area contributed by atoms with Crippen LogP contribution in [0.2, 0.25) is 0 Å². The maximum Gasteiger partial charge on any atom is 0.259 e. The summed E-state index contributed by atoms with van der Waals surface area (Å²) in [6.45, 7) is 6.25. The zero-order chi connectivity index (χ0) is 29.3. The van der Waals surface area contributed by atoms with Crippen LogP contribution in [0.5, 0.6) is 0 Å². The van der Waals surface area contributed by atoms with Crippen LogP contribution in [-0.4, -0.2) is 28.0 Å². The summed E-state index contributed by atoms with van der Waals surface area (Å²) < 4.78 is 14.5. The van der Waals surface area contributed by atoms with Crippen LogP contribution >= 0.6 is 0 Å². The molecule has 2 amide bonds. The molecule has 1 heterocycles. The van der Waals surface area contributed by atoms with Crippen molar-refractivity contribution in [3.05, 3.63) is 125 Å². The van der Waals surface area contributed by atoms with Gasteiger partial charge in [0.1, 0.15) is 11.9 Å². The average Bonchev–Trinajstić information content (AvgIpc) is 3.27. The SMILES string of the molecule is CC(C)(C)c1ccc(N(C(=O)c2ccc(N)c(F)c2)C(C(=O)N[C@H]2c3ccccc3C[C@H]2O)c2cccnc2)cc1. The van der Waals surface area contributed by atoms with E-state index >= 15 is 0 Å². The lowest BCUT2D eigenvalue weighted by molar-refractivity contribution is -0.124. The molecule has 7 nitrogen and oxygen atoms in total. The summed E-state index contributed by atoms with van der Waals surface area (Å²) in [5, 5.41) is 13.8. The molecule has 0 saturated heterocycles. The zero-order valence-corrected chi connectivity index (χ0v) is 23.2. The van der Waals surface area contributed by atoms with Crippen molar-refractivity contribution in [2.45, 2.75) is 50.8 Å². The Kier molecular flexibility index (Phi) is 7.60. The van der Waals surface area contributed by atoms with Gasteiger partial charge in [0.05, 0.1) is 17.8 Å². The molecule has 1 aliphatic carbocycles. The number of nitrogen functional groups attached to an aromatic ring is 1. The van der Waals surface area contributed by atoms with Gasteiger partial charge in [0.15, 0.2) is 0 Å². The van der Waals surface area contributed by atoms with Gasteiger partial charge >= 0.3 is 0 Å². The highest BCUT2D eigenvalue weighted by Gasteiger charge is 2.38. The third kappa shape index (κ3) is 5.69. The van der Waals surface area contributed by atoms with Crippen molar-refractivity contribution in [3.8, 4) is 0 Å². The van der Waals surface area contributed by atoms with Gasteiger partial charge in [0.2, 0.25) is 5.91 Å². The van der Waals surface area contributed by atoms with Gasteiger partial charge in [-0.05, 0) is 58.5 Å². The first-order valence-electron chi connectivity index (χ1n) is 13.5. The molecule has 5 rings (SSSR count). The number of anilines is 2.